The van der Waals surface area contributed by atoms with Gasteiger partial charge in [-0.1, -0.05) is 0 Å². The third kappa shape index (κ3) is 4.66. The van der Waals surface area contributed by atoms with Crippen LogP contribution in [-0.2, 0) is 6.54 Å². The van der Waals surface area contributed by atoms with Gasteiger partial charge in [-0.2, -0.15) is 5.10 Å². The largest absolute Gasteiger partial charge is 0.357 e. The van der Waals surface area contributed by atoms with Gasteiger partial charge >= 0.3 is 0 Å². The topological polar surface area (TPSA) is 58.3 Å². The first-order valence-corrected chi connectivity index (χ1v) is 7.85. The van der Waals surface area contributed by atoms with Crippen molar-refractivity contribution in [3.05, 3.63) is 42.4 Å². The highest BCUT2D eigenvalue weighted by Gasteiger charge is 2.15. The molecule has 1 N–H and O–H groups in total. The maximum atomic E-state index is 4.76. The van der Waals surface area contributed by atoms with Gasteiger partial charge in [0.15, 0.2) is 11.8 Å². The molecule has 0 aliphatic carbocycles. The van der Waals surface area contributed by atoms with Crippen LogP contribution in [0, 0.1) is 0 Å². The van der Waals surface area contributed by atoms with Crippen molar-refractivity contribution >= 4 is 29.9 Å². The van der Waals surface area contributed by atoms with E-state index in [-0.39, 0.29) is 24.0 Å². The van der Waals surface area contributed by atoms with Crippen molar-refractivity contribution in [2.24, 2.45) is 4.99 Å². The molecule has 7 heteroatoms. The normalized spacial score (nSPS) is 14.7. The van der Waals surface area contributed by atoms with Gasteiger partial charge in [0.25, 0.3) is 0 Å². The number of guanidine groups is 1. The molecular formula is C16H23IN6. The Morgan fingerprint density at radius 3 is 2.83 bits per heavy atom. The van der Waals surface area contributed by atoms with E-state index in [2.05, 4.69) is 27.2 Å². The lowest BCUT2D eigenvalue weighted by Gasteiger charge is -2.20. The van der Waals surface area contributed by atoms with E-state index >= 15 is 0 Å². The van der Waals surface area contributed by atoms with Crippen LogP contribution >= 0.6 is 24.0 Å². The molecule has 0 amide bonds. The summed E-state index contributed by atoms with van der Waals surface area (Å²) in [4.78, 5) is 11.4. The molecule has 0 radical (unpaired) electrons. The van der Waals surface area contributed by atoms with Gasteiger partial charge in [0.2, 0.25) is 0 Å². The second kappa shape index (κ2) is 8.85. The molecule has 2 aromatic heterocycles. The number of rotatable bonds is 4. The minimum Gasteiger partial charge on any atom is -0.357 e. The van der Waals surface area contributed by atoms with Crippen molar-refractivity contribution in [2.75, 3.05) is 19.6 Å². The Hall–Kier alpha value is -1.64. The van der Waals surface area contributed by atoms with Crippen LogP contribution in [0.3, 0.4) is 0 Å². The molecule has 0 bridgehead atoms. The van der Waals surface area contributed by atoms with Crippen molar-refractivity contribution < 1.29 is 0 Å². The van der Waals surface area contributed by atoms with Crippen molar-refractivity contribution in [2.45, 2.75) is 26.3 Å². The average Bonchev–Trinajstić information content (AvgIpc) is 3.24. The smallest absolute Gasteiger partial charge is 0.194 e. The zero-order chi connectivity index (χ0) is 15.2. The highest BCUT2D eigenvalue weighted by atomic mass is 127. The van der Waals surface area contributed by atoms with Gasteiger partial charge in [0.1, 0.15) is 0 Å². The molecule has 1 aliphatic rings. The number of pyridine rings is 1. The standard InChI is InChI=1S/C16H22N6.HI/c1-2-17-16(21-9-3-4-10-21)19-13-14-6-8-18-15(12-14)22-11-5-7-20-22;/h5-8,11-12H,2-4,9-10,13H2,1H3,(H,17,19);1H. The molecule has 23 heavy (non-hydrogen) atoms. The Labute approximate surface area is 154 Å². The van der Waals surface area contributed by atoms with Gasteiger partial charge in [-0.3, -0.25) is 0 Å². The summed E-state index contributed by atoms with van der Waals surface area (Å²) in [7, 11) is 0. The van der Waals surface area contributed by atoms with Crippen LogP contribution in [0.5, 0.6) is 0 Å². The fraction of sp³-hybridized carbons (Fsp3) is 0.438. The molecule has 1 saturated heterocycles. The van der Waals surface area contributed by atoms with E-state index in [0.29, 0.717) is 6.54 Å². The molecule has 2 aromatic rings. The molecule has 1 aliphatic heterocycles. The Morgan fingerprint density at radius 2 is 2.13 bits per heavy atom. The summed E-state index contributed by atoms with van der Waals surface area (Å²) in [6, 6.07) is 5.93. The first kappa shape index (κ1) is 17.7. The van der Waals surface area contributed by atoms with Crippen LogP contribution in [0.4, 0.5) is 0 Å². The Kier molecular flexibility index (Phi) is 6.82. The van der Waals surface area contributed by atoms with Gasteiger partial charge < -0.3 is 10.2 Å². The second-order valence-corrected chi connectivity index (χ2v) is 5.34. The first-order chi connectivity index (χ1) is 10.9. The molecular weight excluding hydrogens is 403 g/mol. The van der Waals surface area contributed by atoms with Crippen LogP contribution in [0.25, 0.3) is 5.82 Å². The summed E-state index contributed by atoms with van der Waals surface area (Å²) in [6.45, 7) is 5.84. The summed E-state index contributed by atoms with van der Waals surface area (Å²) in [5.74, 6) is 1.83. The number of halogens is 1. The number of hydrogen-bond acceptors (Lipinski definition) is 3. The molecule has 6 nitrogen and oxygen atoms in total. The highest BCUT2D eigenvalue weighted by molar-refractivity contribution is 14.0. The van der Waals surface area contributed by atoms with Gasteiger partial charge in [-0.05, 0) is 43.5 Å². The maximum Gasteiger partial charge on any atom is 0.194 e. The van der Waals surface area contributed by atoms with Crippen LogP contribution in [0.15, 0.2) is 41.8 Å². The van der Waals surface area contributed by atoms with E-state index in [9.17, 15) is 0 Å². The predicted molar refractivity (Wildman–Crippen MR) is 102 cm³/mol. The quantitative estimate of drug-likeness (QED) is 0.464. The lowest BCUT2D eigenvalue weighted by molar-refractivity contribution is 0.493. The molecule has 3 rings (SSSR count). The summed E-state index contributed by atoms with van der Waals surface area (Å²) in [5.41, 5.74) is 1.13. The van der Waals surface area contributed by atoms with E-state index in [1.54, 1.807) is 10.9 Å². The fourth-order valence-corrected chi connectivity index (χ4v) is 2.61. The number of nitrogens with one attached hydrogen (secondary N) is 1. The van der Waals surface area contributed by atoms with E-state index in [1.165, 1.54) is 12.8 Å². The minimum absolute atomic E-state index is 0. The average molecular weight is 426 g/mol. The van der Waals surface area contributed by atoms with Crippen LogP contribution < -0.4 is 5.32 Å². The molecule has 0 saturated carbocycles. The van der Waals surface area contributed by atoms with Crippen molar-refractivity contribution in [3.8, 4) is 5.82 Å². The maximum absolute atomic E-state index is 4.76. The highest BCUT2D eigenvalue weighted by Crippen LogP contribution is 2.10. The number of hydrogen-bond donors (Lipinski definition) is 1. The van der Waals surface area contributed by atoms with Crippen LogP contribution in [0.1, 0.15) is 25.3 Å². The molecule has 0 atom stereocenters. The summed E-state index contributed by atoms with van der Waals surface area (Å²) in [5, 5.41) is 7.59. The first-order valence-electron chi connectivity index (χ1n) is 7.85. The van der Waals surface area contributed by atoms with E-state index < -0.39 is 0 Å². The molecule has 0 spiro atoms. The predicted octanol–water partition coefficient (Wildman–Crippen LogP) is 2.45. The third-order valence-corrected chi connectivity index (χ3v) is 3.70. The molecule has 3 heterocycles. The third-order valence-electron chi connectivity index (χ3n) is 3.70. The van der Waals surface area contributed by atoms with Gasteiger partial charge in [0.05, 0.1) is 6.54 Å². The number of nitrogens with zero attached hydrogens (tertiary/aromatic N) is 5. The summed E-state index contributed by atoms with van der Waals surface area (Å²) >= 11 is 0. The van der Waals surface area contributed by atoms with Crippen molar-refractivity contribution in [3.63, 3.8) is 0 Å². The second-order valence-electron chi connectivity index (χ2n) is 5.34. The minimum atomic E-state index is 0. The van der Waals surface area contributed by atoms with Crippen LogP contribution in [-0.4, -0.2) is 45.3 Å². The Balaban J connectivity index is 0.00000192. The van der Waals surface area contributed by atoms with Gasteiger partial charge in [-0.25, -0.2) is 14.7 Å². The molecule has 124 valence electrons. The van der Waals surface area contributed by atoms with E-state index in [1.807, 2.05) is 30.6 Å². The molecule has 0 unspecified atom stereocenters. The van der Waals surface area contributed by atoms with Gasteiger partial charge in [0, 0.05) is 38.2 Å². The SMILES string of the molecule is CCNC(=NCc1ccnc(-n2cccn2)c1)N1CCCC1.I. The summed E-state index contributed by atoms with van der Waals surface area (Å²) in [6.07, 6.45) is 7.96. The number of likely N-dealkylation sites (tertiary alicyclic amines) is 1. The Bertz CT molecular complexity index is 619. The Morgan fingerprint density at radius 1 is 1.30 bits per heavy atom. The van der Waals surface area contributed by atoms with Crippen molar-refractivity contribution in [1.82, 2.24) is 25.0 Å². The number of aliphatic imine (C=N–C) groups is 1. The molecule has 0 aromatic carbocycles. The monoisotopic (exact) mass is 426 g/mol. The lowest BCUT2D eigenvalue weighted by Crippen LogP contribution is -2.39. The number of aromatic nitrogens is 3. The van der Waals surface area contributed by atoms with Crippen LogP contribution in [0.2, 0.25) is 0 Å². The lowest BCUT2D eigenvalue weighted by atomic mass is 10.2. The van der Waals surface area contributed by atoms with E-state index in [0.717, 1.165) is 37.0 Å². The zero-order valence-electron chi connectivity index (χ0n) is 13.4. The fourth-order valence-electron chi connectivity index (χ4n) is 2.61. The summed E-state index contributed by atoms with van der Waals surface area (Å²) < 4.78 is 1.76. The van der Waals surface area contributed by atoms with Gasteiger partial charge in [-0.15, -0.1) is 24.0 Å². The zero-order valence-corrected chi connectivity index (χ0v) is 15.7. The molecule has 1 fully saturated rings. The van der Waals surface area contributed by atoms with E-state index in [4.69, 9.17) is 4.99 Å². The van der Waals surface area contributed by atoms with Crippen molar-refractivity contribution in [1.29, 1.82) is 0 Å².